The van der Waals surface area contributed by atoms with Gasteiger partial charge in [-0.3, -0.25) is 9.48 Å². The summed E-state index contributed by atoms with van der Waals surface area (Å²) in [5.41, 5.74) is 0.648. The van der Waals surface area contributed by atoms with Gasteiger partial charge >= 0.3 is 0 Å². The molecule has 3 rings (SSSR count). The average molecular weight is 347 g/mol. The first-order valence-corrected chi connectivity index (χ1v) is 9.36. The molecule has 1 aliphatic rings. The first-order valence-electron chi connectivity index (χ1n) is 8.48. The maximum atomic E-state index is 12.6. The highest BCUT2D eigenvalue weighted by Gasteiger charge is 2.33. The standard InChI is InChI=1S/C18H25N3O2S/c1-12(2)10-21-16(13-6-7-13)14(9-20-21)17(22)19-11-18(3,23)15-5-4-8-24-15/h4-5,8-9,12-13,23H,6-7,10-11H2,1-3H3,(H,19,22). The van der Waals surface area contributed by atoms with Gasteiger partial charge in [-0.25, -0.2) is 0 Å². The van der Waals surface area contributed by atoms with Gasteiger partial charge in [-0.1, -0.05) is 19.9 Å². The normalized spacial score (nSPS) is 17.0. The fraction of sp³-hybridized carbons (Fsp3) is 0.556. The average Bonchev–Trinajstić information content (AvgIpc) is 3.03. The number of amides is 1. The number of hydrogen-bond acceptors (Lipinski definition) is 4. The molecule has 1 atom stereocenters. The molecule has 0 spiro atoms. The Kier molecular flexibility index (Phi) is 4.78. The van der Waals surface area contributed by atoms with Crippen LogP contribution < -0.4 is 5.32 Å². The van der Waals surface area contributed by atoms with Crippen molar-refractivity contribution >= 4 is 17.2 Å². The van der Waals surface area contributed by atoms with Crippen LogP contribution in [-0.4, -0.2) is 27.3 Å². The number of aromatic nitrogens is 2. The highest BCUT2D eigenvalue weighted by molar-refractivity contribution is 7.10. The molecule has 1 amide bonds. The molecule has 1 saturated carbocycles. The lowest BCUT2D eigenvalue weighted by Crippen LogP contribution is -2.38. The summed E-state index contributed by atoms with van der Waals surface area (Å²) < 4.78 is 1.98. The first kappa shape index (κ1) is 17.2. The summed E-state index contributed by atoms with van der Waals surface area (Å²) in [5, 5.41) is 19.8. The zero-order chi connectivity index (χ0) is 17.3. The van der Waals surface area contributed by atoms with E-state index in [0.717, 1.165) is 30.0 Å². The maximum Gasteiger partial charge on any atom is 0.254 e. The third-order valence-corrected chi connectivity index (χ3v) is 5.40. The molecule has 2 heterocycles. The zero-order valence-electron chi connectivity index (χ0n) is 14.5. The van der Waals surface area contributed by atoms with Gasteiger partial charge in [-0.2, -0.15) is 5.10 Å². The molecule has 2 N–H and O–H groups in total. The van der Waals surface area contributed by atoms with E-state index >= 15 is 0 Å². The third kappa shape index (κ3) is 3.70. The number of nitrogens with zero attached hydrogens (tertiary/aromatic N) is 2. The van der Waals surface area contributed by atoms with Crippen molar-refractivity contribution in [1.29, 1.82) is 0 Å². The summed E-state index contributed by atoms with van der Waals surface area (Å²) in [6.07, 6.45) is 3.92. The number of carbonyl (C=O) groups is 1. The van der Waals surface area contributed by atoms with Gasteiger partial charge in [0.1, 0.15) is 5.60 Å². The van der Waals surface area contributed by atoms with Crippen LogP contribution in [-0.2, 0) is 12.1 Å². The highest BCUT2D eigenvalue weighted by atomic mass is 32.1. The van der Waals surface area contributed by atoms with Crippen LogP contribution in [0.5, 0.6) is 0 Å². The van der Waals surface area contributed by atoms with Crippen LogP contribution in [0.3, 0.4) is 0 Å². The summed E-state index contributed by atoms with van der Waals surface area (Å²) >= 11 is 1.49. The summed E-state index contributed by atoms with van der Waals surface area (Å²) in [5.74, 6) is 0.784. The van der Waals surface area contributed by atoms with E-state index < -0.39 is 5.60 Å². The van der Waals surface area contributed by atoms with E-state index in [-0.39, 0.29) is 12.5 Å². The van der Waals surface area contributed by atoms with E-state index in [1.165, 1.54) is 11.3 Å². The second-order valence-corrected chi connectivity index (χ2v) is 8.18. The minimum Gasteiger partial charge on any atom is -0.383 e. The largest absolute Gasteiger partial charge is 0.383 e. The van der Waals surface area contributed by atoms with E-state index in [1.807, 2.05) is 22.2 Å². The molecule has 0 aliphatic heterocycles. The van der Waals surface area contributed by atoms with Crippen molar-refractivity contribution < 1.29 is 9.90 Å². The van der Waals surface area contributed by atoms with Crippen molar-refractivity contribution in [2.75, 3.05) is 6.54 Å². The second-order valence-electron chi connectivity index (χ2n) is 7.23. The van der Waals surface area contributed by atoms with Crippen LogP contribution in [0.2, 0.25) is 0 Å². The zero-order valence-corrected chi connectivity index (χ0v) is 15.3. The van der Waals surface area contributed by atoms with Crippen molar-refractivity contribution in [2.45, 2.75) is 51.7 Å². The van der Waals surface area contributed by atoms with Crippen molar-refractivity contribution in [3.05, 3.63) is 39.8 Å². The van der Waals surface area contributed by atoms with Gasteiger partial charge in [-0.15, -0.1) is 11.3 Å². The number of nitrogens with one attached hydrogen (secondary N) is 1. The Balaban J connectivity index is 1.72. The van der Waals surface area contributed by atoms with Gasteiger partial charge in [0.25, 0.3) is 5.91 Å². The molecule has 2 aromatic rings. The Morgan fingerprint density at radius 1 is 1.54 bits per heavy atom. The molecule has 0 bridgehead atoms. The molecule has 0 radical (unpaired) electrons. The van der Waals surface area contributed by atoms with E-state index in [0.29, 0.717) is 17.4 Å². The smallest absolute Gasteiger partial charge is 0.254 e. The Hall–Kier alpha value is -1.66. The SMILES string of the molecule is CC(C)Cn1ncc(C(=O)NCC(C)(O)c2cccs2)c1C1CC1. The number of thiophene rings is 1. The predicted octanol–water partition coefficient (Wildman–Crippen LogP) is 3.12. The van der Waals surface area contributed by atoms with Crippen LogP contribution in [0.15, 0.2) is 23.7 Å². The Morgan fingerprint density at radius 2 is 2.29 bits per heavy atom. The molecular weight excluding hydrogens is 322 g/mol. The van der Waals surface area contributed by atoms with Crippen LogP contribution in [0, 0.1) is 5.92 Å². The van der Waals surface area contributed by atoms with Gasteiger partial charge in [-0.05, 0) is 37.1 Å². The van der Waals surface area contributed by atoms with Crippen molar-refractivity contribution in [3.63, 3.8) is 0 Å². The molecule has 1 aliphatic carbocycles. The predicted molar refractivity (Wildman–Crippen MR) is 95.3 cm³/mol. The van der Waals surface area contributed by atoms with E-state index in [2.05, 4.69) is 24.3 Å². The van der Waals surface area contributed by atoms with E-state index in [4.69, 9.17) is 0 Å². The van der Waals surface area contributed by atoms with Crippen LogP contribution >= 0.6 is 11.3 Å². The van der Waals surface area contributed by atoms with E-state index in [1.54, 1.807) is 13.1 Å². The molecule has 24 heavy (non-hydrogen) atoms. The van der Waals surface area contributed by atoms with Crippen molar-refractivity contribution in [3.8, 4) is 0 Å². The molecule has 1 fully saturated rings. The molecule has 1 unspecified atom stereocenters. The van der Waals surface area contributed by atoms with Gasteiger partial charge in [0.15, 0.2) is 0 Å². The quantitative estimate of drug-likeness (QED) is 0.809. The van der Waals surface area contributed by atoms with Crippen molar-refractivity contribution in [1.82, 2.24) is 15.1 Å². The molecule has 6 heteroatoms. The molecule has 0 saturated heterocycles. The third-order valence-electron chi connectivity index (χ3n) is 4.27. The van der Waals surface area contributed by atoms with Gasteiger partial charge in [0.05, 0.1) is 24.0 Å². The molecular formula is C18H25N3O2S. The maximum absolute atomic E-state index is 12.6. The van der Waals surface area contributed by atoms with Gasteiger partial charge < -0.3 is 10.4 Å². The van der Waals surface area contributed by atoms with Gasteiger partial charge in [0.2, 0.25) is 0 Å². The monoisotopic (exact) mass is 347 g/mol. The lowest BCUT2D eigenvalue weighted by Gasteiger charge is -2.22. The van der Waals surface area contributed by atoms with Crippen LogP contribution in [0.25, 0.3) is 0 Å². The second kappa shape index (κ2) is 6.69. The van der Waals surface area contributed by atoms with Crippen molar-refractivity contribution in [2.24, 2.45) is 5.92 Å². The molecule has 130 valence electrons. The summed E-state index contributed by atoms with van der Waals surface area (Å²) in [7, 11) is 0. The van der Waals surface area contributed by atoms with E-state index in [9.17, 15) is 9.90 Å². The van der Waals surface area contributed by atoms with Crippen LogP contribution in [0.4, 0.5) is 0 Å². The fourth-order valence-corrected chi connectivity index (χ4v) is 3.66. The minimum absolute atomic E-state index is 0.149. The van der Waals surface area contributed by atoms with Crippen LogP contribution in [0.1, 0.15) is 60.5 Å². The molecule has 0 aromatic carbocycles. The Labute approximate surface area is 146 Å². The number of aliphatic hydroxyl groups is 1. The first-order chi connectivity index (χ1) is 11.4. The minimum atomic E-state index is -1.06. The topological polar surface area (TPSA) is 67.2 Å². The Morgan fingerprint density at radius 3 is 2.88 bits per heavy atom. The number of rotatable bonds is 7. The summed E-state index contributed by atoms with van der Waals surface area (Å²) in [6.45, 7) is 7.04. The highest BCUT2D eigenvalue weighted by Crippen LogP contribution is 2.41. The van der Waals surface area contributed by atoms with Gasteiger partial charge in [0, 0.05) is 17.3 Å². The molecule has 2 aromatic heterocycles. The molecule has 5 nitrogen and oxygen atoms in total. The summed E-state index contributed by atoms with van der Waals surface area (Å²) in [4.78, 5) is 13.5. The summed E-state index contributed by atoms with van der Waals surface area (Å²) in [6, 6.07) is 3.78. The lowest BCUT2D eigenvalue weighted by molar-refractivity contribution is 0.0556. The number of hydrogen-bond donors (Lipinski definition) is 2. The Bertz CT molecular complexity index is 700. The number of carbonyl (C=O) groups excluding carboxylic acids is 1. The fourth-order valence-electron chi connectivity index (χ4n) is 2.87. The lowest BCUT2D eigenvalue weighted by atomic mass is 10.0.